The van der Waals surface area contributed by atoms with Gasteiger partial charge in [0, 0.05) is 12.6 Å². The molecule has 0 bridgehead atoms. The molecule has 8 nitrogen and oxygen atoms in total. The zero-order valence-electron chi connectivity index (χ0n) is 15.4. The van der Waals surface area contributed by atoms with Gasteiger partial charge >= 0.3 is 5.97 Å². The van der Waals surface area contributed by atoms with Crippen molar-refractivity contribution >= 4 is 21.9 Å². The molecule has 0 spiro atoms. The van der Waals surface area contributed by atoms with Gasteiger partial charge < -0.3 is 14.5 Å². The van der Waals surface area contributed by atoms with Crippen LogP contribution in [0.1, 0.15) is 35.9 Å². The first kappa shape index (κ1) is 20.1. The molecule has 1 aromatic carbocycles. The molecule has 9 heteroatoms. The number of rotatable bonds is 9. The van der Waals surface area contributed by atoms with Crippen molar-refractivity contribution < 1.29 is 27.2 Å². The number of sulfonamides is 1. The number of hydrogen-bond donors (Lipinski definition) is 2. The van der Waals surface area contributed by atoms with Gasteiger partial charge in [0.1, 0.15) is 0 Å². The largest absolute Gasteiger partial charge is 0.447 e. The number of carbonyl (C=O) groups is 2. The summed E-state index contributed by atoms with van der Waals surface area (Å²) in [5.74, 6) is -1.63. The van der Waals surface area contributed by atoms with Crippen LogP contribution in [-0.2, 0) is 26.0 Å². The third kappa shape index (κ3) is 5.43. The van der Waals surface area contributed by atoms with Crippen molar-refractivity contribution in [1.29, 1.82) is 0 Å². The van der Waals surface area contributed by atoms with Gasteiger partial charge in [-0.1, -0.05) is 30.3 Å². The highest BCUT2D eigenvalue weighted by Gasteiger charge is 2.31. The van der Waals surface area contributed by atoms with Gasteiger partial charge in [0.2, 0.25) is 10.9 Å². The second kappa shape index (κ2) is 8.57. The van der Waals surface area contributed by atoms with E-state index >= 15 is 0 Å². The molecule has 2 aromatic rings. The van der Waals surface area contributed by atoms with E-state index < -0.39 is 28.0 Å². The van der Waals surface area contributed by atoms with Crippen LogP contribution < -0.4 is 10.0 Å². The third-order valence-corrected chi connectivity index (χ3v) is 5.55. The molecule has 3 rings (SSSR count). The highest BCUT2D eigenvalue weighted by atomic mass is 32.2. The van der Waals surface area contributed by atoms with Crippen LogP contribution in [-0.4, -0.2) is 39.0 Å². The molecule has 1 fully saturated rings. The predicted octanol–water partition coefficient (Wildman–Crippen LogP) is 1.62. The predicted molar refractivity (Wildman–Crippen MR) is 100 cm³/mol. The lowest BCUT2D eigenvalue weighted by atomic mass is 10.1. The first-order valence-electron chi connectivity index (χ1n) is 9.00. The van der Waals surface area contributed by atoms with Crippen LogP contribution in [0.5, 0.6) is 0 Å². The Bertz CT molecular complexity index is 934. The molecule has 1 unspecified atom stereocenters. The summed E-state index contributed by atoms with van der Waals surface area (Å²) >= 11 is 0. The van der Waals surface area contributed by atoms with Gasteiger partial charge in [-0.05, 0) is 43.9 Å². The van der Waals surface area contributed by atoms with Crippen molar-refractivity contribution in [3.05, 3.63) is 53.8 Å². The summed E-state index contributed by atoms with van der Waals surface area (Å²) in [6.45, 7) is 1.84. The van der Waals surface area contributed by atoms with Gasteiger partial charge in [0.25, 0.3) is 15.9 Å². The maximum absolute atomic E-state index is 12.1. The minimum atomic E-state index is -3.80. The van der Waals surface area contributed by atoms with Crippen LogP contribution >= 0.6 is 0 Å². The molecule has 0 radical (unpaired) electrons. The maximum atomic E-state index is 12.1. The van der Waals surface area contributed by atoms with Crippen molar-refractivity contribution in [3.8, 4) is 0 Å². The molecule has 1 aliphatic carbocycles. The molecule has 1 aliphatic rings. The zero-order valence-corrected chi connectivity index (χ0v) is 16.2. The Morgan fingerprint density at radius 3 is 2.57 bits per heavy atom. The first-order valence-corrected chi connectivity index (χ1v) is 10.5. The Hall–Kier alpha value is -2.65. The molecule has 150 valence electrons. The summed E-state index contributed by atoms with van der Waals surface area (Å²) in [5, 5.41) is 2.34. The van der Waals surface area contributed by atoms with Crippen LogP contribution in [0.25, 0.3) is 0 Å². The molecule has 1 heterocycles. The van der Waals surface area contributed by atoms with Crippen LogP contribution in [0, 0.1) is 0 Å². The Morgan fingerprint density at radius 1 is 1.18 bits per heavy atom. The number of carbonyl (C=O) groups excluding carboxylic acids is 2. The molecule has 1 amide bonds. The molecule has 1 aromatic heterocycles. The minimum Gasteiger partial charge on any atom is -0.447 e. The van der Waals surface area contributed by atoms with Crippen molar-refractivity contribution in [1.82, 2.24) is 10.0 Å². The van der Waals surface area contributed by atoms with E-state index in [9.17, 15) is 18.0 Å². The van der Waals surface area contributed by atoms with Gasteiger partial charge in [-0.15, -0.1) is 0 Å². The summed E-state index contributed by atoms with van der Waals surface area (Å²) in [5.41, 5.74) is 1.08. The first-order chi connectivity index (χ1) is 13.3. The van der Waals surface area contributed by atoms with E-state index in [0.717, 1.165) is 18.4 Å². The molecule has 0 aliphatic heterocycles. The third-order valence-electron chi connectivity index (χ3n) is 4.16. The fraction of sp³-hybridized carbons (Fsp3) is 0.368. The molecule has 28 heavy (non-hydrogen) atoms. The monoisotopic (exact) mass is 406 g/mol. The van der Waals surface area contributed by atoms with Gasteiger partial charge in [-0.2, -0.15) is 0 Å². The SMILES string of the molecule is CC(OC(=O)c1ccc(S(=O)(=O)NC2CC2)o1)C(=O)NCCc1ccccc1. The average molecular weight is 406 g/mol. The van der Waals surface area contributed by atoms with Crippen molar-refractivity contribution in [3.63, 3.8) is 0 Å². The molecular weight excluding hydrogens is 384 g/mol. The molecule has 2 N–H and O–H groups in total. The fourth-order valence-corrected chi connectivity index (χ4v) is 3.68. The van der Waals surface area contributed by atoms with Gasteiger partial charge in [-0.25, -0.2) is 17.9 Å². The number of ether oxygens (including phenoxy) is 1. The Kier molecular flexibility index (Phi) is 6.15. The van der Waals surface area contributed by atoms with Gasteiger partial charge in [-0.3, -0.25) is 4.79 Å². The summed E-state index contributed by atoms with van der Waals surface area (Å²) in [4.78, 5) is 24.2. The molecule has 0 saturated heterocycles. The lowest BCUT2D eigenvalue weighted by Gasteiger charge is -2.12. The van der Waals surface area contributed by atoms with E-state index in [4.69, 9.17) is 9.15 Å². The van der Waals surface area contributed by atoms with Crippen LogP contribution in [0.4, 0.5) is 0 Å². The Morgan fingerprint density at radius 2 is 1.89 bits per heavy atom. The molecular formula is C19H22N2O6S. The maximum Gasteiger partial charge on any atom is 0.375 e. The normalized spacial score (nSPS) is 15.0. The van der Waals surface area contributed by atoms with E-state index in [2.05, 4.69) is 10.0 Å². The fourth-order valence-electron chi connectivity index (χ4n) is 2.44. The number of furan rings is 1. The van der Waals surface area contributed by atoms with Crippen LogP contribution in [0.3, 0.4) is 0 Å². The number of amides is 1. The quantitative estimate of drug-likeness (QED) is 0.612. The van der Waals surface area contributed by atoms with Gasteiger partial charge in [0.05, 0.1) is 0 Å². The molecule has 1 saturated carbocycles. The zero-order chi connectivity index (χ0) is 20.1. The van der Waals surface area contributed by atoms with E-state index in [1.807, 2.05) is 30.3 Å². The topological polar surface area (TPSA) is 115 Å². The van der Waals surface area contributed by atoms with E-state index in [0.29, 0.717) is 13.0 Å². The van der Waals surface area contributed by atoms with Crippen LogP contribution in [0.2, 0.25) is 0 Å². The second-order valence-electron chi connectivity index (χ2n) is 6.59. The highest BCUT2D eigenvalue weighted by molar-refractivity contribution is 7.89. The minimum absolute atomic E-state index is 0.0786. The number of hydrogen-bond acceptors (Lipinski definition) is 6. The van der Waals surface area contributed by atoms with E-state index in [1.54, 1.807) is 0 Å². The standard InChI is InChI=1S/C19H22N2O6S/c1-13(18(22)20-12-11-14-5-3-2-4-6-14)26-19(23)16-9-10-17(27-16)28(24,25)21-15-7-8-15/h2-6,9-10,13,15,21H,7-8,11-12H2,1H3,(H,20,22). The van der Waals surface area contributed by atoms with Crippen molar-refractivity contribution in [2.45, 2.75) is 43.4 Å². The van der Waals surface area contributed by atoms with Crippen LogP contribution in [0.15, 0.2) is 52.0 Å². The number of esters is 1. The van der Waals surface area contributed by atoms with Crippen molar-refractivity contribution in [2.75, 3.05) is 6.54 Å². The smallest absolute Gasteiger partial charge is 0.375 e. The summed E-state index contributed by atoms with van der Waals surface area (Å²) in [6, 6.07) is 12.0. The molecule has 1 atom stereocenters. The average Bonchev–Trinajstić information content (AvgIpc) is 3.31. The Balaban J connectivity index is 1.48. The second-order valence-corrected chi connectivity index (χ2v) is 8.23. The highest BCUT2D eigenvalue weighted by Crippen LogP contribution is 2.23. The van der Waals surface area contributed by atoms with Gasteiger partial charge in [0.15, 0.2) is 6.10 Å². The summed E-state index contributed by atoms with van der Waals surface area (Å²) < 4.78 is 36.7. The van der Waals surface area contributed by atoms with Crippen molar-refractivity contribution in [2.24, 2.45) is 0 Å². The summed E-state index contributed by atoms with van der Waals surface area (Å²) in [6.07, 6.45) is 1.18. The van der Waals surface area contributed by atoms with E-state index in [-0.39, 0.29) is 16.9 Å². The van der Waals surface area contributed by atoms with E-state index in [1.165, 1.54) is 19.1 Å². The summed E-state index contributed by atoms with van der Waals surface area (Å²) in [7, 11) is -3.80. The number of benzene rings is 1. The Labute approximate surface area is 163 Å². The lowest BCUT2D eigenvalue weighted by molar-refractivity contribution is -0.129. The number of nitrogens with one attached hydrogen (secondary N) is 2. The lowest BCUT2D eigenvalue weighted by Crippen LogP contribution is -2.36.